The standard InChI is InChI=1S/C31H46Cl4O5Si/c1-26(2,3)41(9,10)40-19-12-11-18(38-20-15-16-17-13-14-28(6,25(16)39-20)27(17,4)5)21-22(19)30(35)24(33)23(32)29(21,34)31(30,36-7)37-8/h11-12,16-22,25H,13-15H2,1-10H3/t16-,17+,18-,19+,20-,21-,22+,25-,28-,29-,30+/m0/s1. The van der Waals surface area contributed by atoms with Gasteiger partial charge in [0.1, 0.15) is 9.75 Å². The van der Waals surface area contributed by atoms with E-state index in [-0.39, 0.29) is 44.4 Å². The number of hydrogen-bond donors (Lipinski definition) is 0. The maximum Gasteiger partial charge on any atom is 0.217 e. The maximum atomic E-state index is 7.64. The Morgan fingerprint density at radius 1 is 0.927 bits per heavy atom. The average molecular weight is 669 g/mol. The zero-order valence-corrected chi connectivity index (χ0v) is 30.0. The molecule has 0 radical (unpaired) electrons. The molecule has 0 aromatic heterocycles. The second-order valence-electron chi connectivity index (χ2n) is 15.6. The van der Waals surface area contributed by atoms with E-state index in [1.54, 1.807) is 14.2 Å². The van der Waals surface area contributed by atoms with Crippen molar-refractivity contribution >= 4 is 54.7 Å². The molecule has 1 aliphatic heterocycles. The van der Waals surface area contributed by atoms with E-state index < -0.39 is 41.8 Å². The van der Waals surface area contributed by atoms with Gasteiger partial charge in [-0.3, -0.25) is 0 Å². The lowest BCUT2D eigenvalue weighted by Crippen LogP contribution is -2.58. The lowest BCUT2D eigenvalue weighted by molar-refractivity contribution is -0.225. The third-order valence-corrected chi connectivity index (χ3v) is 20.2. The number of halogens is 4. The Morgan fingerprint density at radius 3 is 1.98 bits per heavy atom. The number of ether oxygens (including phenoxy) is 4. The third-order valence-electron chi connectivity index (χ3n) is 13.1. The van der Waals surface area contributed by atoms with Gasteiger partial charge in [-0.1, -0.05) is 76.9 Å². The van der Waals surface area contributed by atoms with Crippen molar-refractivity contribution < 1.29 is 23.4 Å². The van der Waals surface area contributed by atoms with Crippen molar-refractivity contribution in [2.45, 2.75) is 119 Å². The molecule has 0 aromatic rings. The fraction of sp³-hybridized carbons (Fsp3) is 0.871. The van der Waals surface area contributed by atoms with Crippen LogP contribution in [0.5, 0.6) is 0 Å². The van der Waals surface area contributed by atoms with Crippen LogP contribution in [-0.2, 0) is 23.4 Å². The molecule has 3 saturated carbocycles. The molecule has 10 heteroatoms. The van der Waals surface area contributed by atoms with E-state index in [4.69, 9.17) is 69.8 Å². The lowest BCUT2D eigenvalue weighted by atomic mass is 9.70. The van der Waals surface area contributed by atoms with Crippen LogP contribution in [0.2, 0.25) is 18.1 Å². The van der Waals surface area contributed by atoms with E-state index in [9.17, 15) is 0 Å². The first kappa shape index (κ1) is 31.6. The molecule has 5 aliphatic carbocycles. The van der Waals surface area contributed by atoms with Crippen molar-refractivity contribution in [3.63, 3.8) is 0 Å². The van der Waals surface area contributed by atoms with Gasteiger partial charge in [0, 0.05) is 32.5 Å². The average Bonchev–Trinajstić information content (AvgIpc) is 3.53. The Kier molecular flexibility index (Phi) is 7.22. The monoisotopic (exact) mass is 666 g/mol. The zero-order chi connectivity index (χ0) is 30.3. The fourth-order valence-corrected chi connectivity index (χ4v) is 13.1. The van der Waals surface area contributed by atoms with Crippen LogP contribution in [0.1, 0.15) is 60.8 Å². The molecule has 0 unspecified atom stereocenters. The molecule has 4 fully saturated rings. The van der Waals surface area contributed by atoms with Crippen molar-refractivity contribution in [3.8, 4) is 0 Å². The molecule has 5 nitrogen and oxygen atoms in total. The van der Waals surface area contributed by atoms with E-state index in [1.807, 2.05) is 0 Å². The van der Waals surface area contributed by atoms with Crippen molar-refractivity contribution in [1.82, 2.24) is 0 Å². The summed E-state index contributed by atoms with van der Waals surface area (Å²) in [5.41, 5.74) is 0.410. The largest absolute Gasteiger partial charge is 0.410 e. The topological polar surface area (TPSA) is 46.2 Å². The minimum absolute atomic E-state index is 0.0188. The van der Waals surface area contributed by atoms with Gasteiger partial charge in [-0.05, 0) is 53.6 Å². The number of methoxy groups -OCH3 is 2. The summed E-state index contributed by atoms with van der Waals surface area (Å²) in [4.78, 5) is -2.78. The van der Waals surface area contributed by atoms with E-state index in [2.05, 4.69) is 66.8 Å². The molecule has 232 valence electrons. The number of alkyl halides is 2. The van der Waals surface area contributed by atoms with Crippen LogP contribution in [0.3, 0.4) is 0 Å². The Labute approximate surface area is 267 Å². The Balaban J connectivity index is 1.38. The van der Waals surface area contributed by atoms with Gasteiger partial charge in [0.25, 0.3) is 0 Å². The van der Waals surface area contributed by atoms with E-state index in [0.717, 1.165) is 6.42 Å². The number of rotatable bonds is 6. The highest BCUT2D eigenvalue weighted by Crippen LogP contribution is 2.76. The minimum atomic E-state index is -2.24. The summed E-state index contributed by atoms with van der Waals surface area (Å²) >= 11 is 29.2. The van der Waals surface area contributed by atoms with Gasteiger partial charge >= 0.3 is 0 Å². The quantitative estimate of drug-likeness (QED) is 0.123. The van der Waals surface area contributed by atoms with Crippen molar-refractivity contribution in [3.05, 3.63) is 22.2 Å². The molecule has 1 saturated heterocycles. The zero-order valence-electron chi connectivity index (χ0n) is 25.9. The van der Waals surface area contributed by atoms with Crippen LogP contribution in [0.4, 0.5) is 0 Å². The first-order valence-corrected chi connectivity index (χ1v) is 19.4. The van der Waals surface area contributed by atoms with Gasteiger partial charge in [-0.25, -0.2) is 0 Å². The van der Waals surface area contributed by atoms with Crippen molar-refractivity contribution in [2.75, 3.05) is 14.2 Å². The fourth-order valence-electron chi connectivity index (χ4n) is 9.60. The molecular weight excluding hydrogens is 622 g/mol. The highest BCUT2D eigenvalue weighted by Gasteiger charge is 2.87. The maximum absolute atomic E-state index is 7.64. The predicted molar refractivity (Wildman–Crippen MR) is 167 cm³/mol. The molecule has 6 aliphatic rings. The normalized spacial score (nSPS) is 49.2. The molecule has 0 aromatic carbocycles. The van der Waals surface area contributed by atoms with Gasteiger partial charge in [-0.2, -0.15) is 0 Å². The highest BCUT2D eigenvalue weighted by molar-refractivity contribution is 6.74. The van der Waals surface area contributed by atoms with Crippen LogP contribution < -0.4 is 0 Å². The Bertz CT molecular complexity index is 1180. The minimum Gasteiger partial charge on any atom is -0.410 e. The molecule has 11 atom stereocenters. The van der Waals surface area contributed by atoms with Crippen LogP contribution in [0.15, 0.2) is 22.2 Å². The Hall–Kier alpha value is 0.657. The predicted octanol–water partition coefficient (Wildman–Crippen LogP) is 8.41. The van der Waals surface area contributed by atoms with E-state index >= 15 is 0 Å². The van der Waals surface area contributed by atoms with E-state index in [1.165, 1.54) is 12.8 Å². The summed E-state index contributed by atoms with van der Waals surface area (Å²) in [7, 11) is 0.847. The molecular formula is C31H46Cl4O5Si. The molecule has 0 amide bonds. The molecule has 4 bridgehead atoms. The van der Waals surface area contributed by atoms with Crippen molar-refractivity contribution in [2.24, 2.45) is 34.5 Å². The van der Waals surface area contributed by atoms with Crippen LogP contribution in [0.25, 0.3) is 0 Å². The number of fused-ring (bicyclic) bond motifs is 10. The van der Waals surface area contributed by atoms with E-state index in [0.29, 0.717) is 11.8 Å². The third kappa shape index (κ3) is 3.56. The molecule has 41 heavy (non-hydrogen) atoms. The van der Waals surface area contributed by atoms with Crippen LogP contribution >= 0.6 is 46.4 Å². The second-order valence-corrected chi connectivity index (χ2v) is 22.3. The second kappa shape index (κ2) is 9.36. The SMILES string of the molecule is COC1(OC)[C@@]2(Cl)C(Cl)=C(Cl)[C@]1(Cl)[C@H]1[C@@H]2[C@@H](O[C@@H]2C[C@H]3[C@H]4CC[C@@](C)([C@H]3O2)C4(C)C)C=C[C@H]1O[Si](C)(C)C(C)(C)C. The van der Waals surface area contributed by atoms with Crippen LogP contribution in [-0.4, -0.2) is 62.7 Å². The number of hydrogen-bond acceptors (Lipinski definition) is 5. The lowest BCUT2D eigenvalue weighted by Gasteiger charge is -2.48. The molecule has 1 heterocycles. The summed E-state index contributed by atoms with van der Waals surface area (Å²) < 4.78 is 32.9. The molecule has 0 N–H and O–H groups in total. The summed E-state index contributed by atoms with van der Waals surface area (Å²) in [6, 6.07) is 0. The summed E-state index contributed by atoms with van der Waals surface area (Å²) in [6.07, 6.45) is 6.46. The molecule has 0 spiro atoms. The summed E-state index contributed by atoms with van der Waals surface area (Å²) in [5, 5.41) is 0.471. The summed E-state index contributed by atoms with van der Waals surface area (Å²) in [5.74, 6) is -1.26. The van der Waals surface area contributed by atoms with Gasteiger partial charge in [-0.15, -0.1) is 23.2 Å². The first-order valence-electron chi connectivity index (χ1n) is 15.0. The van der Waals surface area contributed by atoms with Crippen molar-refractivity contribution in [1.29, 1.82) is 0 Å². The first-order chi connectivity index (χ1) is 18.8. The van der Waals surface area contributed by atoms with Gasteiger partial charge in [0.05, 0.1) is 28.4 Å². The van der Waals surface area contributed by atoms with Gasteiger partial charge < -0.3 is 23.4 Å². The molecule has 6 rings (SSSR count). The smallest absolute Gasteiger partial charge is 0.217 e. The highest BCUT2D eigenvalue weighted by atomic mass is 35.5. The summed E-state index contributed by atoms with van der Waals surface area (Å²) in [6.45, 7) is 18.4. The van der Waals surface area contributed by atoms with Crippen LogP contribution in [0, 0.1) is 34.5 Å². The van der Waals surface area contributed by atoms with Gasteiger partial charge in [0.15, 0.2) is 14.6 Å². The Morgan fingerprint density at radius 2 is 1.46 bits per heavy atom. The van der Waals surface area contributed by atoms with Gasteiger partial charge in [0.2, 0.25) is 5.79 Å².